The van der Waals surface area contributed by atoms with Crippen molar-refractivity contribution in [3.8, 4) is 0 Å². The molecule has 1 unspecified atom stereocenters. The molecule has 0 bridgehead atoms. The molecule has 6 nitrogen and oxygen atoms in total. The second-order valence-corrected chi connectivity index (χ2v) is 9.64. The van der Waals surface area contributed by atoms with Crippen molar-refractivity contribution in [2.45, 2.75) is 83.5 Å². The van der Waals surface area contributed by atoms with E-state index in [9.17, 15) is 9.90 Å². The molecule has 28 heavy (non-hydrogen) atoms. The van der Waals surface area contributed by atoms with Gasteiger partial charge < -0.3 is 19.6 Å². The lowest BCUT2D eigenvalue weighted by molar-refractivity contribution is -0.0445. The van der Waals surface area contributed by atoms with Gasteiger partial charge in [-0.1, -0.05) is 6.92 Å². The van der Waals surface area contributed by atoms with E-state index in [-0.39, 0.29) is 12.3 Å². The molecule has 2 atom stereocenters. The molecule has 4 fully saturated rings. The standard InChI is InChI=1S/C22H39N3O3/c1-3-20(26)25-10-5-6-19(25)17-7-11-23(12-8-17)18-14-22(15-18)9-13-24(16-22)21(27)28-4-2/h17-20,26H,3-16H2,1-2H3/t18?,19-,20?,22?/m0/s1. The van der Waals surface area contributed by atoms with Crippen molar-refractivity contribution in [1.29, 1.82) is 0 Å². The molecule has 0 aromatic heterocycles. The number of aliphatic hydroxyl groups is 1. The third kappa shape index (κ3) is 3.92. The minimum Gasteiger partial charge on any atom is -0.450 e. The second-order valence-electron chi connectivity index (χ2n) is 9.64. The summed E-state index contributed by atoms with van der Waals surface area (Å²) < 4.78 is 5.18. The summed E-state index contributed by atoms with van der Waals surface area (Å²) in [5.74, 6) is 0.750. The van der Waals surface area contributed by atoms with Gasteiger partial charge in [0.15, 0.2) is 0 Å². The first-order valence-corrected chi connectivity index (χ1v) is 11.6. The number of nitrogens with zero attached hydrogens (tertiary/aromatic N) is 3. The van der Waals surface area contributed by atoms with Crippen LogP contribution < -0.4 is 0 Å². The topological polar surface area (TPSA) is 56.2 Å². The van der Waals surface area contributed by atoms with Crippen LogP contribution in [0.1, 0.15) is 65.2 Å². The molecule has 1 saturated carbocycles. The van der Waals surface area contributed by atoms with E-state index in [1.165, 1.54) is 51.6 Å². The fraction of sp³-hybridized carbons (Fsp3) is 0.955. The highest BCUT2D eigenvalue weighted by atomic mass is 16.6. The van der Waals surface area contributed by atoms with E-state index in [4.69, 9.17) is 4.74 Å². The first kappa shape index (κ1) is 20.4. The normalized spacial score (nSPS) is 36.0. The molecule has 3 saturated heterocycles. The van der Waals surface area contributed by atoms with E-state index < -0.39 is 0 Å². The van der Waals surface area contributed by atoms with Crippen molar-refractivity contribution in [2.24, 2.45) is 11.3 Å². The third-order valence-electron chi connectivity index (χ3n) is 8.03. The second kappa shape index (κ2) is 8.49. The van der Waals surface area contributed by atoms with Crippen molar-refractivity contribution in [2.75, 3.05) is 39.3 Å². The van der Waals surface area contributed by atoms with E-state index in [0.29, 0.717) is 24.1 Å². The van der Waals surface area contributed by atoms with Gasteiger partial charge in [0.2, 0.25) is 0 Å². The number of likely N-dealkylation sites (tertiary alicyclic amines) is 3. The lowest BCUT2D eigenvalue weighted by Gasteiger charge is -2.52. The number of piperidine rings is 1. The highest BCUT2D eigenvalue weighted by Crippen LogP contribution is 2.51. The number of hydrogen-bond acceptors (Lipinski definition) is 5. The summed E-state index contributed by atoms with van der Waals surface area (Å²) >= 11 is 0. The van der Waals surface area contributed by atoms with E-state index in [1.807, 2.05) is 11.8 Å². The number of carbonyl (C=O) groups is 1. The number of carbonyl (C=O) groups excluding carboxylic acids is 1. The summed E-state index contributed by atoms with van der Waals surface area (Å²) in [5, 5.41) is 10.3. The highest BCUT2D eigenvalue weighted by Gasteiger charge is 2.51. The first-order chi connectivity index (χ1) is 13.5. The van der Waals surface area contributed by atoms with Crippen LogP contribution >= 0.6 is 0 Å². The molecule has 4 aliphatic rings. The average molecular weight is 394 g/mol. The minimum atomic E-state index is -0.248. The smallest absolute Gasteiger partial charge is 0.409 e. The van der Waals surface area contributed by atoms with Crippen molar-refractivity contribution in [1.82, 2.24) is 14.7 Å². The average Bonchev–Trinajstić information content (AvgIpc) is 3.34. The largest absolute Gasteiger partial charge is 0.450 e. The number of rotatable bonds is 5. The molecule has 160 valence electrons. The van der Waals surface area contributed by atoms with Crippen LogP contribution in [-0.2, 0) is 4.74 Å². The van der Waals surface area contributed by atoms with Crippen molar-refractivity contribution < 1.29 is 14.6 Å². The molecule has 3 heterocycles. The predicted octanol–water partition coefficient (Wildman–Crippen LogP) is 2.90. The van der Waals surface area contributed by atoms with Gasteiger partial charge >= 0.3 is 6.09 Å². The van der Waals surface area contributed by atoms with E-state index >= 15 is 0 Å². The quantitative estimate of drug-likeness (QED) is 0.778. The summed E-state index contributed by atoms with van der Waals surface area (Å²) in [4.78, 5) is 19.0. The monoisotopic (exact) mass is 393 g/mol. The zero-order valence-electron chi connectivity index (χ0n) is 17.8. The molecule has 1 aliphatic carbocycles. The summed E-state index contributed by atoms with van der Waals surface area (Å²) in [7, 11) is 0. The molecule has 0 radical (unpaired) electrons. The predicted molar refractivity (Wildman–Crippen MR) is 109 cm³/mol. The summed E-state index contributed by atoms with van der Waals surface area (Å²) in [6, 6.07) is 1.31. The van der Waals surface area contributed by atoms with Crippen LogP contribution in [0.5, 0.6) is 0 Å². The van der Waals surface area contributed by atoms with Crippen molar-refractivity contribution in [3.05, 3.63) is 0 Å². The van der Waals surface area contributed by atoms with Crippen LogP contribution in [0.25, 0.3) is 0 Å². The minimum absolute atomic E-state index is 0.126. The number of aliphatic hydroxyl groups excluding tert-OH is 1. The van der Waals surface area contributed by atoms with Gasteiger partial charge in [0, 0.05) is 31.7 Å². The Hall–Kier alpha value is -0.850. The van der Waals surface area contributed by atoms with Crippen molar-refractivity contribution >= 4 is 6.09 Å². The SMILES string of the molecule is CCOC(=O)N1CCC2(CC(N3CCC([C@@H]4CCCN4C(O)CC)CC3)C2)C1. The van der Waals surface area contributed by atoms with Gasteiger partial charge in [-0.15, -0.1) is 0 Å². The summed E-state index contributed by atoms with van der Waals surface area (Å²) in [5.41, 5.74) is 0.363. The maximum atomic E-state index is 12.0. The number of ether oxygens (including phenoxy) is 1. The Kier molecular flexibility index (Phi) is 6.19. The van der Waals surface area contributed by atoms with Crippen LogP contribution in [0.4, 0.5) is 4.79 Å². The van der Waals surface area contributed by atoms with Gasteiger partial charge in [-0.25, -0.2) is 4.79 Å². The van der Waals surface area contributed by atoms with Gasteiger partial charge in [0.05, 0.1) is 6.61 Å². The summed E-state index contributed by atoms with van der Waals surface area (Å²) in [6.07, 6.45) is 9.15. The Labute approximate surface area is 170 Å². The van der Waals surface area contributed by atoms with Crippen LogP contribution in [0, 0.1) is 11.3 Å². The van der Waals surface area contributed by atoms with Gasteiger partial charge in [0.1, 0.15) is 6.23 Å². The maximum Gasteiger partial charge on any atom is 0.409 e. The maximum absolute atomic E-state index is 12.0. The molecule has 1 amide bonds. The van der Waals surface area contributed by atoms with Crippen LogP contribution in [-0.4, -0.2) is 83.5 Å². The number of hydrogen-bond donors (Lipinski definition) is 1. The Bertz CT molecular complexity index is 543. The molecule has 1 spiro atoms. The van der Waals surface area contributed by atoms with E-state index in [1.54, 1.807) is 0 Å². The summed E-state index contributed by atoms with van der Waals surface area (Å²) in [6.45, 7) is 9.67. The fourth-order valence-corrected chi connectivity index (χ4v) is 6.43. The third-order valence-corrected chi connectivity index (χ3v) is 8.03. The number of amides is 1. The molecule has 1 N–H and O–H groups in total. The molecular weight excluding hydrogens is 354 g/mol. The van der Waals surface area contributed by atoms with Crippen LogP contribution in [0.2, 0.25) is 0 Å². The Morgan fingerprint density at radius 1 is 1.14 bits per heavy atom. The zero-order valence-corrected chi connectivity index (χ0v) is 17.8. The molecule has 6 heteroatoms. The highest BCUT2D eigenvalue weighted by molar-refractivity contribution is 5.68. The fourth-order valence-electron chi connectivity index (χ4n) is 6.43. The van der Waals surface area contributed by atoms with Crippen LogP contribution in [0.15, 0.2) is 0 Å². The molecule has 0 aromatic carbocycles. The van der Waals surface area contributed by atoms with Crippen LogP contribution in [0.3, 0.4) is 0 Å². The molecule has 0 aromatic rings. The van der Waals surface area contributed by atoms with Gasteiger partial charge in [-0.05, 0) is 82.7 Å². The lowest BCUT2D eigenvalue weighted by atomic mass is 9.64. The van der Waals surface area contributed by atoms with Gasteiger partial charge in [0.25, 0.3) is 0 Å². The van der Waals surface area contributed by atoms with E-state index in [0.717, 1.165) is 38.4 Å². The lowest BCUT2D eigenvalue weighted by Crippen LogP contribution is -2.55. The van der Waals surface area contributed by atoms with Crippen molar-refractivity contribution in [3.63, 3.8) is 0 Å². The van der Waals surface area contributed by atoms with Gasteiger partial charge in [-0.3, -0.25) is 4.90 Å². The molecule has 4 rings (SSSR count). The molecular formula is C22H39N3O3. The zero-order chi connectivity index (χ0) is 19.7. The first-order valence-electron chi connectivity index (χ1n) is 11.6. The Morgan fingerprint density at radius 3 is 2.57 bits per heavy atom. The van der Waals surface area contributed by atoms with E-state index in [2.05, 4.69) is 16.7 Å². The Morgan fingerprint density at radius 2 is 1.89 bits per heavy atom. The van der Waals surface area contributed by atoms with Gasteiger partial charge in [-0.2, -0.15) is 0 Å². The Balaban J connectivity index is 1.22. The molecule has 3 aliphatic heterocycles.